The number of rotatable bonds is 6. The molecule has 1 fully saturated rings. The molecule has 3 rings (SSSR count). The van der Waals surface area contributed by atoms with Crippen molar-refractivity contribution in [1.29, 1.82) is 0 Å². The van der Waals surface area contributed by atoms with Gasteiger partial charge in [0.1, 0.15) is 18.2 Å². The quantitative estimate of drug-likeness (QED) is 0.649. The van der Waals surface area contributed by atoms with Crippen LogP contribution in [-0.2, 0) is 16.4 Å². The number of halogens is 4. The first-order chi connectivity index (χ1) is 13.6. The molecule has 0 spiro atoms. The molecule has 158 valence electrons. The molecule has 2 heterocycles. The maximum absolute atomic E-state index is 14.2. The van der Waals surface area contributed by atoms with Gasteiger partial charge in [-0.15, -0.1) is 13.2 Å². The molecule has 29 heavy (non-hydrogen) atoms. The smallest absolute Gasteiger partial charge is 0.471 e. The van der Waals surface area contributed by atoms with Crippen LogP contribution < -0.4 is 9.47 Å². The van der Waals surface area contributed by atoms with Crippen molar-refractivity contribution in [2.45, 2.75) is 37.1 Å². The second kappa shape index (κ2) is 8.11. The maximum atomic E-state index is 14.2. The second-order valence-electron chi connectivity index (χ2n) is 6.20. The van der Waals surface area contributed by atoms with Crippen molar-refractivity contribution in [3.63, 3.8) is 0 Å². The van der Waals surface area contributed by atoms with Gasteiger partial charge >= 0.3 is 6.36 Å². The van der Waals surface area contributed by atoms with Gasteiger partial charge in [-0.25, -0.2) is 13.4 Å². The van der Waals surface area contributed by atoms with Crippen LogP contribution in [-0.4, -0.2) is 48.2 Å². The van der Waals surface area contributed by atoms with Crippen molar-refractivity contribution in [3.8, 4) is 11.6 Å². The van der Waals surface area contributed by atoms with E-state index in [1.807, 2.05) is 0 Å². The molecule has 0 aliphatic carbocycles. The topological polar surface area (TPSA) is 81.6 Å². The molecule has 0 saturated carbocycles. The van der Waals surface area contributed by atoms with Crippen LogP contribution >= 0.6 is 0 Å². The molecule has 0 unspecified atom stereocenters. The molecular formula is C17H17F4N3O4S. The number of hydrogen-bond acceptors (Lipinski definition) is 6. The van der Waals surface area contributed by atoms with Gasteiger partial charge in [0.2, 0.25) is 15.8 Å². The van der Waals surface area contributed by atoms with Gasteiger partial charge in [-0.3, -0.25) is 0 Å². The third-order valence-electron chi connectivity index (χ3n) is 4.25. The van der Waals surface area contributed by atoms with Crippen molar-refractivity contribution in [2.75, 3.05) is 13.1 Å². The Hall–Kier alpha value is -2.47. The molecule has 1 aromatic carbocycles. The lowest BCUT2D eigenvalue weighted by atomic mass is 10.3. The van der Waals surface area contributed by atoms with Gasteiger partial charge in [0, 0.05) is 6.54 Å². The summed E-state index contributed by atoms with van der Waals surface area (Å²) in [6.45, 7) is 1.79. The summed E-state index contributed by atoms with van der Waals surface area (Å²) in [4.78, 5) is 7.37. The summed E-state index contributed by atoms with van der Waals surface area (Å²) < 4.78 is 86.6. The molecule has 7 nitrogen and oxygen atoms in total. The Bertz CT molecular complexity index is 968. The highest BCUT2D eigenvalue weighted by Crippen LogP contribution is 2.28. The molecule has 0 amide bonds. The van der Waals surface area contributed by atoms with Crippen molar-refractivity contribution >= 4 is 10.0 Å². The van der Waals surface area contributed by atoms with E-state index in [9.17, 15) is 26.0 Å². The van der Waals surface area contributed by atoms with E-state index in [1.54, 1.807) is 6.92 Å². The number of ether oxygens (including phenoxy) is 2. The molecule has 0 N–H and O–H groups in total. The summed E-state index contributed by atoms with van der Waals surface area (Å²) >= 11 is 0. The van der Waals surface area contributed by atoms with E-state index in [-0.39, 0.29) is 29.6 Å². The average molecular weight is 435 g/mol. The van der Waals surface area contributed by atoms with Crippen LogP contribution in [0.2, 0.25) is 0 Å². The summed E-state index contributed by atoms with van der Waals surface area (Å²) in [5.74, 6) is -1.45. The zero-order valence-electron chi connectivity index (χ0n) is 15.2. The summed E-state index contributed by atoms with van der Waals surface area (Å²) in [5, 5.41) is 0. The molecule has 1 aliphatic heterocycles. The van der Waals surface area contributed by atoms with E-state index in [1.165, 1.54) is 6.33 Å². The highest BCUT2D eigenvalue weighted by Gasteiger charge is 2.35. The van der Waals surface area contributed by atoms with Crippen molar-refractivity contribution in [1.82, 2.24) is 14.3 Å². The number of nitrogens with zero attached hydrogens (tertiary/aromatic N) is 3. The monoisotopic (exact) mass is 435 g/mol. The van der Waals surface area contributed by atoms with Gasteiger partial charge < -0.3 is 9.47 Å². The Morgan fingerprint density at radius 2 is 1.90 bits per heavy atom. The Morgan fingerprint density at radius 3 is 2.52 bits per heavy atom. The minimum absolute atomic E-state index is 0.0476. The first-order valence-electron chi connectivity index (χ1n) is 8.62. The van der Waals surface area contributed by atoms with Crippen LogP contribution in [0.15, 0.2) is 35.5 Å². The summed E-state index contributed by atoms with van der Waals surface area (Å²) in [6.07, 6.45) is -3.66. The minimum atomic E-state index is -4.87. The van der Waals surface area contributed by atoms with Crippen molar-refractivity contribution < 1.29 is 35.5 Å². The number of aryl methyl sites for hydroxylation is 1. The number of alkyl halides is 3. The van der Waals surface area contributed by atoms with E-state index < -0.39 is 34.1 Å². The van der Waals surface area contributed by atoms with Crippen LogP contribution in [0.25, 0.3) is 0 Å². The van der Waals surface area contributed by atoms with Crippen LogP contribution in [0, 0.1) is 5.82 Å². The van der Waals surface area contributed by atoms with Gasteiger partial charge in [-0.2, -0.15) is 13.7 Å². The fourth-order valence-corrected chi connectivity index (χ4v) is 4.34. The first kappa shape index (κ1) is 21.2. The van der Waals surface area contributed by atoms with Gasteiger partial charge in [0.25, 0.3) is 5.88 Å². The van der Waals surface area contributed by atoms with Crippen LogP contribution in [0.1, 0.15) is 19.0 Å². The van der Waals surface area contributed by atoms with E-state index in [0.29, 0.717) is 12.8 Å². The first-order valence-corrected chi connectivity index (χ1v) is 10.1. The normalized spacial score (nSPS) is 18.0. The molecular weight excluding hydrogens is 418 g/mol. The molecule has 1 aliphatic rings. The lowest BCUT2D eigenvalue weighted by molar-refractivity contribution is -0.274. The molecule has 1 saturated heterocycles. The Morgan fingerprint density at radius 1 is 1.21 bits per heavy atom. The third-order valence-corrected chi connectivity index (χ3v) is 6.13. The van der Waals surface area contributed by atoms with E-state index >= 15 is 0 Å². The lowest BCUT2D eigenvalue weighted by Crippen LogP contribution is -2.31. The largest absolute Gasteiger partial charge is 0.573 e. The van der Waals surface area contributed by atoms with Crippen molar-refractivity contribution in [2.24, 2.45) is 0 Å². The maximum Gasteiger partial charge on any atom is 0.573 e. The predicted octanol–water partition coefficient (Wildman–Crippen LogP) is 2.92. The number of hydrogen-bond donors (Lipinski definition) is 0. The lowest BCUT2D eigenvalue weighted by Gasteiger charge is -2.17. The van der Waals surface area contributed by atoms with E-state index in [4.69, 9.17) is 4.74 Å². The molecule has 1 aromatic heterocycles. The van der Waals surface area contributed by atoms with Gasteiger partial charge in [0.05, 0.1) is 17.1 Å². The third kappa shape index (κ3) is 4.93. The molecule has 0 bridgehead atoms. The van der Waals surface area contributed by atoms with Gasteiger partial charge in [0.15, 0.2) is 0 Å². The molecule has 0 radical (unpaired) electrons. The van der Waals surface area contributed by atoms with E-state index in [0.717, 1.165) is 28.6 Å². The highest BCUT2D eigenvalue weighted by atomic mass is 32.2. The summed E-state index contributed by atoms with van der Waals surface area (Å²) in [5.41, 5.74) is 0.193. The Kier molecular flexibility index (Phi) is 5.94. The zero-order chi connectivity index (χ0) is 21.2. The van der Waals surface area contributed by atoms with E-state index in [2.05, 4.69) is 14.7 Å². The fourth-order valence-electron chi connectivity index (χ4n) is 2.85. The Balaban J connectivity index is 1.69. The number of aromatic nitrogens is 2. The fraction of sp³-hybridized carbons (Fsp3) is 0.412. The Labute approximate surface area is 164 Å². The molecule has 1 atom stereocenters. The zero-order valence-corrected chi connectivity index (χ0v) is 16.0. The summed E-state index contributed by atoms with van der Waals surface area (Å²) in [6, 6.07) is 3.91. The van der Waals surface area contributed by atoms with Gasteiger partial charge in [-0.1, -0.05) is 6.92 Å². The molecule has 2 aromatic rings. The minimum Gasteiger partial charge on any atom is -0.471 e. The van der Waals surface area contributed by atoms with Crippen molar-refractivity contribution in [3.05, 3.63) is 42.1 Å². The van der Waals surface area contributed by atoms with Crippen LogP contribution in [0.5, 0.6) is 11.6 Å². The second-order valence-corrected chi connectivity index (χ2v) is 8.14. The number of benzene rings is 1. The van der Waals surface area contributed by atoms with Gasteiger partial charge in [-0.05, 0) is 37.1 Å². The number of sulfonamides is 1. The summed E-state index contributed by atoms with van der Waals surface area (Å²) in [7, 11) is -3.96. The predicted molar refractivity (Wildman–Crippen MR) is 92.3 cm³/mol. The highest BCUT2D eigenvalue weighted by molar-refractivity contribution is 7.89. The van der Waals surface area contributed by atoms with Crippen LogP contribution in [0.3, 0.4) is 0 Å². The molecule has 12 heteroatoms. The van der Waals surface area contributed by atoms with Crippen LogP contribution in [0.4, 0.5) is 17.6 Å². The average Bonchev–Trinajstić information content (AvgIpc) is 3.12. The SMILES string of the molecule is CCc1ncnc(O[C@@H]2CCN(S(=O)(=O)c3ccc(OC(F)(F)F)cc3)C2)c1F. The standard InChI is InChI=1S/C17H17F4N3O4S/c1-2-14-15(18)16(23-10-22-14)27-12-7-8-24(9-12)29(25,26)13-5-3-11(4-6-13)28-17(19,20)21/h3-6,10,12H,2,7-9H2,1H3/t12-/m1/s1.